The fourth-order valence-corrected chi connectivity index (χ4v) is 2.03. The highest BCUT2D eigenvalue weighted by atomic mass is 16.1. The van der Waals surface area contributed by atoms with Gasteiger partial charge in [0.25, 0.3) is 0 Å². The summed E-state index contributed by atoms with van der Waals surface area (Å²) in [5.41, 5.74) is 5.93. The molecule has 0 radical (unpaired) electrons. The number of hydrogen-bond donors (Lipinski definition) is 2. The van der Waals surface area contributed by atoms with Crippen LogP contribution in [-0.2, 0) is 4.79 Å². The molecule has 1 atom stereocenters. The second-order valence-corrected chi connectivity index (χ2v) is 5.93. The first-order chi connectivity index (χ1) is 7.76. The van der Waals surface area contributed by atoms with E-state index in [1.165, 1.54) is 0 Å². The molecule has 0 fully saturated rings. The van der Waals surface area contributed by atoms with Gasteiger partial charge in [-0.2, -0.15) is 0 Å². The Kier molecular flexibility index (Phi) is 7.39. The summed E-state index contributed by atoms with van der Waals surface area (Å²) in [5, 5.41) is 2.97. The SMILES string of the molecule is CCCC(N)CC(=O)NCC(C)(C)CN(C)C. The molecule has 0 heterocycles. The molecule has 4 heteroatoms. The second-order valence-electron chi connectivity index (χ2n) is 5.93. The minimum Gasteiger partial charge on any atom is -0.355 e. The summed E-state index contributed by atoms with van der Waals surface area (Å²) in [4.78, 5) is 13.8. The molecule has 1 amide bonds. The summed E-state index contributed by atoms with van der Waals surface area (Å²) < 4.78 is 0. The Bertz CT molecular complexity index is 227. The molecule has 0 aliphatic heterocycles. The van der Waals surface area contributed by atoms with Gasteiger partial charge in [-0.15, -0.1) is 0 Å². The van der Waals surface area contributed by atoms with Crippen LogP contribution in [0.25, 0.3) is 0 Å². The van der Waals surface area contributed by atoms with Crippen LogP contribution in [0.3, 0.4) is 0 Å². The zero-order valence-electron chi connectivity index (χ0n) is 12.0. The van der Waals surface area contributed by atoms with E-state index in [2.05, 4.69) is 31.0 Å². The van der Waals surface area contributed by atoms with Gasteiger partial charge in [0, 0.05) is 25.6 Å². The number of carbonyl (C=O) groups excluding carboxylic acids is 1. The van der Waals surface area contributed by atoms with E-state index in [1.54, 1.807) is 0 Å². The van der Waals surface area contributed by atoms with Crippen molar-refractivity contribution in [2.24, 2.45) is 11.1 Å². The van der Waals surface area contributed by atoms with Gasteiger partial charge in [0.2, 0.25) is 5.91 Å². The Morgan fingerprint density at radius 3 is 2.47 bits per heavy atom. The van der Waals surface area contributed by atoms with Gasteiger partial charge < -0.3 is 16.0 Å². The summed E-state index contributed by atoms with van der Waals surface area (Å²) >= 11 is 0. The van der Waals surface area contributed by atoms with Gasteiger partial charge in [-0.1, -0.05) is 27.2 Å². The molecule has 0 bridgehead atoms. The lowest BCUT2D eigenvalue weighted by atomic mass is 9.93. The lowest BCUT2D eigenvalue weighted by Crippen LogP contribution is -2.41. The molecular weight excluding hydrogens is 214 g/mol. The van der Waals surface area contributed by atoms with Crippen molar-refractivity contribution >= 4 is 5.91 Å². The number of amides is 1. The van der Waals surface area contributed by atoms with Gasteiger partial charge in [-0.05, 0) is 25.9 Å². The van der Waals surface area contributed by atoms with E-state index in [1.807, 2.05) is 14.1 Å². The smallest absolute Gasteiger partial charge is 0.221 e. The molecule has 0 saturated carbocycles. The van der Waals surface area contributed by atoms with Crippen molar-refractivity contribution in [2.45, 2.75) is 46.1 Å². The monoisotopic (exact) mass is 243 g/mol. The van der Waals surface area contributed by atoms with Gasteiger partial charge in [0.15, 0.2) is 0 Å². The van der Waals surface area contributed by atoms with Crippen LogP contribution >= 0.6 is 0 Å². The molecule has 0 saturated heterocycles. The molecule has 0 spiro atoms. The van der Waals surface area contributed by atoms with Crippen molar-refractivity contribution < 1.29 is 4.79 Å². The zero-order valence-corrected chi connectivity index (χ0v) is 12.0. The maximum absolute atomic E-state index is 11.7. The van der Waals surface area contributed by atoms with Crippen LogP contribution in [0.2, 0.25) is 0 Å². The second kappa shape index (κ2) is 7.67. The topological polar surface area (TPSA) is 58.4 Å². The average molecular weight is 243 g/mol. The number of nitrogens with two attached hydrogens (primary N) is 1. The van der Waals surface area contributed by atoms with Crippen molar-refractivity contribution in [2.75, 3.05) is 27.2 Å². The van der Waals surface area contributed by atoms with Gasteiger partial charge in [0.05, 0.1) is 0 Å². The van der Waals surface area contributed by atoms with Crippen molar-refractivity contribution in [3.63, 3.8) is 0 Å². The van der Waals surface area contributed by atoms with E-state index in [0.29, 0.717) is 13.0 Å². The van der Waals surface area contributed by atoms with E-state index in [4.69, 9.17) is 5.73 Å². The van der Waals surface area contributed by atoms with Gasteiger partial charge >= 0.3 is 0 Å². The summed E-state index contributed by atoms with van der Waals surface area (Å²) in [6, 6.07) is -0.00281. The average Bonchev–Trinajstić information content (AvgIpc) is 2.13. The number of rotatable bonds is 8. The van der Waals surface area contributed by atoms with Gasteiger partial charge in [0.1, 0.15) is 0 Å². The molecule has 0 aromatic rings. The minimum atomic E-state index is -0.00281. The van der Waals surface area contributed by atoms with E-state index < -0.39 is 0 Å². The largest absolute Gasteiger partial charge is 0.355 e. The predicted octanol–water partition coefficient (Wildman–Crippen LogP) is 1.21. The molecule has 102 valence electrons. The van der Waals surface area contributed by atoms with Crippen molar-refractivity contribution in [3.05, 3.63) is 0 Å². The summed E-state index contributed by atoms with van der Waals surface area (Å²) in [6.07, 6.45) is 2.38. The Morgan fingerprint density at radius 2 is 2.00 bits per heavy atom. The first-order valence-corrected chi connectivity index (χ1v) is 6.44. The number of nitrogens with one attached hydrogen (secondary N) is 1. The van der Waals surface area contributed by atoms with Crippen molar-refractivity contribution in [3.8, 4) is 0 Å². The van der Waals surface area contributed by atoms with Gasteiger partial charge in [-0.3, -0.25) is 4.79 Å². The number of carbonyl (C=O) groups is 1. The summed E-state index contributed by atoms with van der Waals surface area (Å²) in [5.74, 6) is 0.0674. The van der Waals surface area contributed by atoms with E-state index in [0.717, 1.165) is 19.4 Å². The van der Waals surface area contributed by atoms with Crippen LogP contribution in [0, 0.1) is 5.41 Å². The van der Waals surface area contributed by atoms with Crippen LogP contribution in [0.15, 0.2) is 0 Å². The van der Waals surface area contributed by atoms with Crippen LogP contribution < -0.4 is 11.1 Å². The highest BCUT2D eigenvalue weighted by molar-refractivity contribution is 5.76. The fraction of sp³-hybridized carbons (Fsp3) is 0.923. The molecule has 0 aromatic carbocycles. The Hall–Kier alpha value is -0.610. The van der Waals surface area contributed by atoms with Crippen LogP contribution in [-0.4, -0.2) is 44.0 Å². The first-order valence-electron chi connectivity index (χ1n) is 6.44. The van der Waals surface area contributed by atoms with E-state index >= 15 is 0 Å². The fourth-order valence-electron chi connectivity index (χ4n) is 2.03. The third-order valence-electron chi connectivity index (χ3n) is 2.62. The highest BCUT2D eigenvalue weighted by Crippen LogP contribution is 2.14. The lowest BCUT2D eigenvalue weighted by molar-refractivity contribution is -0.121. The maximum Gasteiger partial charge on any atom is 0.221 e. The third-order valence-corrected chi connectivity index (χ3v) is 2.62. The van der Waals surface area contributed by atoms with Gasteiger partial charge in [-0.25, -0.2) is 0 Å². The standard InChI is InChI=1S/C13H29N3O/c1-6-7-11(14)8-12(17)15-9-13(2,3)10-16(4)5/h11H,6-10,14H2,1-5H3,(H,15,17). The van der Waals surface area contributed by atoms with Crippen molar-refractivity contribution in [1.29, 1.82) is 0 Å². The molecule has 0 aliphatic carbocycles. The van der Waals surface area contributed by atoms with Crippen LogP contribution in [0.5, 0.6) is 0 Å². The molecular formula is C13H29N3O. The molecule has 0 aliphatic rings. The summed E-state index contributed by atoms with van der Waals surface area (Å²) in [6.45, 7) is 8.04. The van der Waals surface area contributed by atoms with Crippen LogP contribution in [0.1, 0.15) is 40.0 Å². The van der Waals surface area contributed by atoms with Crippen LogP contribution in [0.4, 0.5) is 0 Å². The minimum absolute atomic E-state index is 0.00281. The van der Waals surface area contributed by atoms with Crippen molar-refractivity contribution in [1.82, 2.24) is 10.2 Å². The normalized spacial score (nSPS) is 13.8. The maximum atomic E-state index is 11.7. The molecule has 0 rings (SSSR count). The van der Waals surface area contributed by atoms with E-state index in [9.17, 15) is 4.79 Å². The molecule has 4 nitrogen and oxygen atoms in total. The first kappa shape index (κ1) is 16.4. The highest BCUT2D eigenvalue weighted by Gasteiger charge is 2.20. The summed E-state index contributed by atoms with van der Waals surface area (Å²) in [7, 11) is 4.08. The third kappa shape index (κ3) is 9.12. The Morgan fingerprint density at radius 1 is 1.41 bits per heavy atom. The molecule has 1 unspecified atom stereocenters. The number of nitrogens with zero attached hydrogens (tertiary/aromatic N) is 1. The zero-order chi connectivity index (χ0) is 13.5. The Balaban J connectivity index is 3.90. The van der Waals surface area contributed by atoms with E-state index in [-0.39, 0.29) is 17.4 Å². The molecule has 17 heavy (non-hydrogen) atoms. The lowest BCUT2D eigenvalue weighted by Gasteiger charge is -2.28. The molecule has 0 aromatic heterocycles. The predicted molar refractivity (Wildman–Crippen MR) is 72.8 cm³/mol. The quantitative estimate of drug-likeness (QED) is 0.673. The molecule has 3 N–H and O–H groups in total. The number of hydrogen-bond acceptors (Lipinski definition) is 3. The Labute approximate surface area is 106 Å².